The maximum absolute atomic E-state index is 11.3. The zero-order chi connectivity index (χ0) is 13.2. The number of aliphatic carboxylic acids is 1. The molecule has 1 aromatic rings. The van der Waals surface area contributed by atoms with Crippen molar-refractivity contribution in [1.29, 1.82) is 5.26 Å². The molecular weight excluding hydrogens is 232 g/mol. The molecule has 0 aromatic carbocycles. The number of hydrogen-bond donors (Lipinski definition) is 2. The second kappa shape index (κ2) is 4.61. The van der Waals surface area contributed by atoms with Crippen molar-refractivity contribution in [3.8, 4) is 6.07 Å². The van der Waals surface area contributed by atoms with Crippen molar-refractivity contribution in [3.63, 3.8) is 0 Å². The minimum atomic E-state index is -0.820. The van der Waals surface area contributed by atoms with Gasteiger partial charge >= 0.3 is 5.97 Å². The van der Waals surface area contributed by atoms with E-state index in [9.17, 15) is 9.90 Å². The smallest absolute Gasteiger partial charge is 0.311 e. The Morgan fingerprint density at radius 1 is 1.61 bits per heavy atom. The van der Waals surface area contributed by atoms with Gasteiger partial charge in [0.2, 0.25) is 0 Å². The molecule has 0 saturated heterocycles. The number of carboxylic acids is 1. The van der Waals surface area contributed by atoms with Gasteiger partial charge in [0.1, 0.15) is 6.07 Å². The van der Waals surface area contributed by atoms with Gasteiger partial charge in [-0.15, -0.1) is 0 Å². The fourth-order valence-corrected chi connectivity index (χ4v) is 2.34. The largest absolute Gasteiger partial charge is 0.481 e. The van der Waals surface area contributed by atoms with E-state index in [1.54, 1.807) is 6.92 Å². The molecule has 2 rings (SSSR count). The van der Waals surface area contributed by atoms with Gasteiger partial charge in [-0.25, -0.2) is 9.97 Å². The molecule has 0 aliphatic heterocycles. The zero-order valence-electron chi connectivity index (χ0n) is 10.1. The zero-order valence-corrected chi connectivity index (χ0v) is 10.1. The lowest BCUT2D eigenvalue weighted by molar-refractivity contribution is -0.147. The SMILES string of the molecule is CC1(C(=O)O)CCCC1Nc1nccnc1C#N. The van der Waals surface area contributed by atoms with Crippen LogP contribution in [0.3, 0.4) is 0 Å². The van der Waals surface area contributed by atoms with Crippen LogP contribution in [0.5, 0.6) is 0 Å². The van der Waals surface area contributed by atoms with Crippen molar-refractivity contribution < 1.29 is 9.90 Å². The molecule has 0 amide bonds. The normalized spacial score (nSPS) is 26.6. The van der Waals surface area contributed by atoms with E-state index in [0.29, 0.717) is 12.2 Å². The van der Waals surface area contributed by atoms with Gasteiger partial charge in [-0.05, 0) is 19.8 Å². The van der Waals surface area contributed by atoms with Crippen LogP contribution in [0.15, 0.2) is 12.4 Å². The number of carbonyl (C=O) groups is 1. The molecule has 0 radical (unpaired) electrons. The third kappa shape index (κ3) is 1.99. The van der Waals surface area contributed by atoms with Gasteiger partial charge in [0, 0.05) is 18.4 Å². The summed E-state index contributed by atoms with van der Waals surface area (Å²) >= 11 is 0. The molecule has 1 heterocycles. The molecule has 2 N–H and O–H groups in total. The Morgan fingerprint density at radius 3 is 3.00 bits per heavy atom. The maximum atomic E-state index is 11.3. The highest BCUT2D eigenvalue weighted by Gasteiger charge is 2.45. The van der Waals surface area contributed by atoms with E-state index in [-0.39, 0.29) is 11.7 Å². The minimum absolute atomic E-state index is 0.192. The third-order valence-electron chi connectivity index (χ3n) is 3.56. The van der Waals surface area contributed by atoms with Crippen LogP contribution in [0.4, 0.5) is 5.82 Å². The van der Waals surface area contributed by atoms with E-state index in [0.717, 1.165) is 12.8 Å². The van der Waals surface area contributed by atoms with Gasteiger partial charge < -0.3 is 10.4 Å². The molecule has 2 unspecified atom stereocenters. The number of nitrogens with one attached hydrogen (secondary N) is 1. The molecule has 1 fully saturated rings. The summed E-state index contributed by atoms with van der Waals surface area (Å²) in [5.41, 5.74) is -0.623. The highest BCUT2D eigenvalue weighted by Crippen LogP contribution is 2.39. The molecule has 1 saturated carbocycles. The number of anilines is 1. The Kier molecular flexibility index (Phi) is 3.15. The standard InChI is InChI=1S/C12H14N4O2/c1-12(11(17)18)4-2-3-9(12)16-10-8(7-13)14-5-6-15-10/h5-6,9H,2-4H2,1H3,(H,15,16)(H,17,18). The fraction of sp³-hybridized carbons (Fsp3) is 0.500. The second-order valence-electron chi connectivity index (χ2n) is 4.68. The summed E-state index contributed by atoms with van der Waals surface area (Å²) in [7, 11) is 0. The molecule has 94 valence electrons. The van der Waals surface area contributed by atoms with Crippen LogP contribution in [0, 0.1) is 16.7 Å². The van der Waals surface area contributed by atoms with Gasteiger partial charge in [0.25, 0.3) is 0 Å². The molecule has 2 atom stereocenters. The Bertz CT molecular complexity index is 511. The number of nitriles is 1. The molecule has 1 aliphatic carbocycles. The summed E-state index contributed by atoms with van der Waals surface area (Å²) in [6.45, 7) is 1.72. The molecule has 6 nitrogen and oxygen atoms in total. The van der Waals surface area contributed by atoms with Crippen LogP contribution in [-0.4, -0.2) is 27.1 Å². The van der Waals surface area contributed by atoms with E-state index in [1.165, 1.54) is 12.4 Å². The second-order valence-corrected chi connectivity index (χ2v) is 4.68. The number of rotatable bonds is 3. The van der Waals surface area contributed by atoms with Crippen molar-refractivity contribution in [3.05, 3.63) is 18.1 Å². The molecular formula is C12H14N4O2. The number of hydrogen-bond acceptors (Lipinski definition) is 5. The van der Waals surface area contributed by atoms with E-state index in [2.05, 4.69) is 15.3 Å². The van der Waals surface area contributed by atoms with Crippen LogP contribution in [0.2, 0.25) is 0 Å². The molecule has 18 heavy (non-hydrogen) atoms. The fourth-order valence-electron chi connectivity index (χ4n) is 2.34. The Balaban J connectivity index is 2.24. The van der Waals surface area contributed by atoms with Crippen LogP contribution in [0.25, 0.3) is 0 Å². The summed E-state index contributed by atoms with van der Waals surface area (Å²) in [6, 6.07) is 1.72. The van der Waals surface area contributed by atoms with Crippen LogP contribution in [-0.2, 0) is 4.79 Å². The third-order valence-corrected chi connectivity index (χ3v) is 3.56. The number of carboxylic acid groups (broad SMARTS) is 1. The summed E-state index contributed by atoms with van der Waals surface area (Å²) in [5.74, 6) is -0.459. The van der Waals surface area contributed by atoms with Crippen LogP contribution >= 0.6 is 0 Å². The topological polar surface area (TPSA) is 98.9 Å². The first kappa shape index (κ1) is 12.3. The van der Waals surface area contributed by atoms with Gasteiger partial charge in [-0.2, -0.15) is 5.26 Å². The quantitative estimate of drug-likeness (QED) is 0.836. The first-order valence-corrected chi connectivity index (χ1v) is 5.79. The summed E-state index contributed by atoms with van der Waals surface area (Å²) in [6.07, 6.45) is 5.15. The Labute approximate surface area is 105 Å². The van der Waals surface area contributed by atoms with Crippen molar-refractivity contribution in [2.24, 2.45) is 5.41 Å². The highest BCUT2D eigenvalue weighted by atomic mass is 16.4. The molecule has 0 bridgehead atoms. The number of nitrogens with zero attached hydrogens (tertiary/aromatic N) is 3. The van der Waals surface area contributed by atoms with Gasteiger partial charge in [0.05, 0.1) is 5.41 Å². The average Bonchev–Trinajstić information content (AvgIpc) is 2.73. The van der Waals surface area contributed by atoms with Crippen molar-refractivity contribution in [1.82, 2.24) is 9.97 Å². The lowest BCUT2D eigenvalue weighted by atomic mass is 9.85. The summed E-state index contributed by atoms with van der Waals surface area (Å²) in [5, 5.41) is 21.3. The van der Waals surface area contributed by atoms with Crippen molar-refractivity contribution >= 4 is 11.8 Å². The van der Waals surface area contributed by atoms with Crippen molar-refractivity contribution in [2.75, 3.05) is 5.32 Å². The number of aromatic nitrogens is 2. The van der Waals surface area contributed by atoms with E-state index >= 15 is 0 Å². The highest BCUT2D eigenvalue weighted by molar-refractivity contribution is 5.76. The summed E-state index contributed by atoms with van der Waals surface area (Å²) < 4.78 is 0. The molecule has 0 spiro atoms. The molecule has 6 heteroatoms. The van der Waals surface area contributed by atoms with Crippen molar-refractivity contribution in [2.45, 2.75) is 32.2 Å². The predicted octanol–water partition coefficient (Wildman–Crippen LogP) is 1.40. The van der Waals surface area contributed by atoms with E-state index < -0.39 is 11.4 Å². The molecule has 1 aliphatic rings. The summed E-state index contributed by atoms with van der Waals surface area (Å²) in [4.78, 5) is 19.3. The monoisotopic (exact) mass is 246 g/mol. The van der Waals surface area contributed by atoms with E-state index in [4.69, 9.17) is 5.26 Å². The first-order valence-electron chi connectivity index (χ1n) is 5.79. The van der Waals surface area contributed by atoms with Crippen LogP contribution < -0.4 is 5.32 Å². The lowest BCUT2D eigenvalue weighted by Gasteiger charge is -2.28. The maximum Gasteiger partial charge on any atom is 0.311 e. The lowest BCUT2D eigenvalue weighted by Crippen LogP contribution is -2.40. The van der Waals surface area contributed by atoms with Gasteiger partial charge in [-0.1, -0.05) is 6.42 Å². The average molecular weight is 246 g/mol. The Hall–Kier alpha value is -2.16. The van der Waals surface area contributed by atoms with Gasteiger partial charge in [0.15, 0.2) is 11.5 Å². The van der Waals surface area contributed by atoms with E-state index in [1.807, 2.05) is 6.07 Å². The minimum Gasteiger partial charge on any atom is -0.481 e. The predicted molar refractivity (Wildman–Crippen MR) is 63.8 cm³/mol. The van der Waals surface area contributed by atoms with Gasteiger partial charge in [-0.3, -0.25) is 4.79 Å². The Morgan fingerprint density at radius 2 is 2.33 bits per heavy atom. The first-order chi connectivity index (χ1) is 8.58. The van der Waals surface area contributed by atoms with Crippen LogP contribution in [0.1, 0.15) is 31.9 Å². The molecule has 1 aromatic heterocycles.